The normalized spacial score (nSPS) is 29.5. The van der Waals surface area contributed by atoms with Crippen molar-refractivity contribution in [1.82, 2.24) is 0 Å². The van der Waals surface area contributed by atoms with Crippen molar-refractivity contribution in [2.75, 3.05) is 13.2 Å². The number of ether oxygens (including phenoxy) is 2. The van der Waals surface area contributed by atoms with Crippen LogP contribution in [0, 0.1) is 23.7 Å². The van der Waals surface area contributed by atoms with E-state index in [0.29, 0.717) is 19.1 Å². The van der Waals surface area contributed by atoms with Crippen LogP contribution < -0.4 is 0 Å². The van der Waals surface area contributed by atoms with E-state index in [1.165, 1.54) is 32.1 Å². The molecule has 3 rings (SSSR count). The van der Waals surface area contributed by atoms with Gasteiger partial charge in [-0.25, -0.2) is 0 Å². The molecule has 0 bridgehead atoms. The lowest BCUT2D eigenvalue weighted by molar-refractivity contribution is -0.138. The van der Waals surface area contributed by atoms with Gasteiger partial charge in [0.1, 0.15) is 6.10 Å². The quantitative estimate of drug-likeness (QED) is 0.540. The second-order valence-electron chi connectivity index (χ2n) is 7.12. The van der Waals surface area contributed by atoms with Crippen molar-refractivity contribution in [2.45, 2.75) is 50.7 Å². The molecule has 134 valence electrons. The smallest absolute Gasteiger partial charge is 0.141 e. The highest BCUT2D eigenvalue weighted by Crippen LogP contribution is 2.35. The molecule has 1 aromatic rings. The van der Waals surface area contributed by atoms with E-state index in [-0.39, 0.29) is 12.2 Å². The van der Waals surface area contributed by atoms with Gasteiger partial charge in [-0.3, -0.25) is 0 Å². The Hall–Kier alpha value is -1.27. The van der Waals surface area contributed by atoms with Crippen molar-refractivity contribution in [2.24, 2.45) is 11.8 Å². The summed E-state index contributed by atoms with van der Waals surface area (Å²) in [4.78, 5) is 0. The van der Waals surface area contributed by atoms with Crippen LogP contribution in [-0.4, -0.2) is 25.4 Å². The Morgan fingerprint density at radius 1 is 1.08 bits per heavy atom. The van der Waals surface area contributed by atoms with Gasteiger partial charge in [-0.2, -0.15) is 0 Å². The molecule has 2 atom stereocenters. The molecule has 1 aliphatic heterocycles. The Balaban J connectivity index is 1.42. The third-order valence-corrected chi connectivity index (χ3v) is 5.59. The van der Waals surface area contributed by atoms with Crippen LogP contribution in [-0.2, 0) is 9.47 Å². The van der Waals surface area contributed by atoms with Crippen LogP contribution in [0.1, 0.15) is 44.1 Å². The highest BCUT2D eigenvalue weighted by atomic mass is 35.5. The zero-order valence-electron chi connectivity index (χ0n) is 14.8. The van der Waals surface area contributed by atoms with E-state index in [9.17, 15) is 0 Å². The Kier molecular flexibility index (Phi) is 6.99. The van der Waals surface area contributed by atoms with Gasteiger partial charge in [0.2, 0.25) is 0 Å². The lowest BCUT2D eigenvalue weighted by Crippen LogP contribution is -2.40. The zero-order valence-corrected chi connectivity index (χ0v) is 15.5. The molecule has 0 radical (unpaired) electrons. The standard InChI is InChI=1S/C22H27ClO2/c1-2-3-4-17-5-10-19(11-6-17)22-16-24-21(15-25-22)14-9-18-7-12-20(23)13-8-18/h2,7-8,12-13,17,19,21-22H,1,3-6,10-11,15-16H2/t17-,19-,21?,22?. The lowest BCUT2D eigenvalue weighted by Gasteiger charge is -2.36. The summed E-state index contributed by atoms with van der Waals surface area (Å²) in [6, 6.07) is 7.55. The molecule has 1 aromatic carbocycles. The maximum Gasteiger partial charge on any atom is 0.141 e. The minimum Gasteiger partial charge on any atom is -0.372 e. The summed E-state index contributed by atoms with van der Waals surface area (Å²) < 4.78 is 12.0. The molecule has 0 aromatic heterocycles. The minimum absolute atomic E-state index is 0.129. The van der Waals surface area contributed by atoms with Crippen molar-refractivity contribution < 1.29 is 9.47 Å². The maximum absolute atomic E-state index is 6.09. The van der Waals surface area contributed by atoms with Crippen LogP contribution in [0.5, 0.6) is 0 Å². The molecule has 2 unspecified atom stereocenters. The number of hydrogen-bond donors (Lipinski definition) is 0. The lowest BCUT2D eigenvalue weighted by atomic mass is 9.77. The van der Waals surface area contributed by atoms with Crippen LogP contribution in [0.15, 0.2) is 36.9 Å². The van der Waals surface area contributed by atoms with E-state index in [0.717, 1.165) is 22.9 Å². The summed E-state index contributed by atoms with van der Waals surface area (Å²) in [5.41, 5.74) is 0.952. The Labute approximate surface area is 156 Å². The predicted octanol–water partition coefficient (Wildman–Crippen LogP) is 5.25. The van der Waals surface area contributed by atoms with Crippen LogP contribution in [0.4, 0.5) is 0 Å². The molecule has 1 saturated heterocycles. The fraction of sp³-hybridized carbons (Fsp3) is 0.545. The Morgan fingerprint density at radius 2 is 1.84 bits per heavy atom. The number of rotatable bonds is 4. The highest BCUT2D eigenvalue weighted by Gasteiger charge is 2.31. The van der Waals surface area contributed by atoms with Crippen molar-refractivity contribution in [3.8, 4) is 11.8 Å². The molecule has 1 saturated carbocycles. The first-order valence-corrected chi connectivity index (χ1v) is 9.73. The van der Waals surface area contributed by atoms with Gasteiger partial charge < -0.3 is 9.47 Å². The molecule has 2 fully saturated rings. The van der Waals surface area contributed by atoms with Gasteiger partial charge in [-0.05, 0) is 61.8 Å². The molecule has 0 spiro atoms. The average molecular weight is 359 g/mol. The average Bonchev–Trinajstić information content (AvgIpc) is 2.67. The van der Waals surface area contributed by atoms with E-state index < -0.39 is 0 Å². The Bertz CT molecular complexity index is 597. The fourth-order valence-electron chi connectivity index (χ4n) is 3.77. The fourth-order valence-corrected chi connectivity index (χ4v) is 3.90. The van der Waals surface area contributed by atoms with Gasteiger partial charge in [0.05, 0.1) is 19.3 Å². The van der Waals surface area contributed by atoms with Crippen molar-refractivity contribution in [3.63, 3.8) is 0 Å². The predicted molar refractivity (Wildman–Crippen MR) is 103 cm³/mol. The van der Waals surface area contributed by atoms with Gasteiger partial charge in [-0.15, -0.1) is 6.58 Å². The van der Waals surface area contributed by atoms with Crippen molar-refractivity contribution in [3.05, 3.63) is 47.5 Å². The number of halogens is 1. The molecule has 1 heterocycles. The second-order valence-corrected chi connectivity index (χ2v) is 7.55. The molecule has 3 heteroatoms. The topological polar surface area (TPSA) is 18.5 Å². The molecular formula is C22H27ClO2. The first kappa shape index (κ1) is 18.5. The summed E-state index contributed by atoms with van der Waals surface area (Å²) in [6.45, 7) is 5.06. The van der Waals surface area contributed by atoms with Gasteiger partial charge in [0.25, 0.3) is 0 Å². The van der Waals surface area contributed by atoms with Gasteiger partial charge in [-0.1, -0.05) is 42.4 Å². The third-order valence-electron chi connectivity index (χ3n) is 5.34. The van der Waals surface area contributed by atoms with Gasteiger partial charge >= 0.3 is 0 Å². The van der Waals surface area contributed by atoms with Gasteiger partial charge in [0.15, 0.2) is 0 Å². The SMILES string of the molecule is C=CCC[C@H]1CC[C@H](C2COC(C#Cc3ccc(Cl)cc3)CO2)CC1. The van der Waals surface area contributed by atoms with Crippen LogP contribution in [0.25, 0.3) is 0 Å². The molecule has 1 aliphatic carbocycles. The molecule has 0 N–H and O–H groups in total. The van der Waals surface area contributed by atoms with E-state index >= 15 is 0 Å². The first-order chi connectivity index (χ1) is 12.2. The van der Waals surface area contributed by atoms with Crippen LogP contribution >= 0.6 is 11.6 Å². The summed E-state index contributed by atoms with van der Waals surface area (Å²) in [7, 11) is 0. The monoisotopic (exact) mass is 358 g/mol. The summed E-state index contributed by atoms with van der Waals surface area (Å²) >= 11 is 5.89. The van der Waals surface area contributed by atoms with Crippen molar-refractivity contribution >= 4 is 11.6 Å². The summed E-state index contributed by atoms with van der Waals surface area (Å²) in [6.07, 6.45) is 9.75. The van der Waals surface area contributed by atoms with E-state index in [1.54, 1.807) is 0 Å². The minimum atomic E-state index is -0.129. The molecule has 25 heavy (non-hydrogen) atoms. The second kappa shape index (κ2) is 9.43. The van der Waals surface area contributed by atoms with E-state index in [4.69, 9.17) is 21.1 Å². The maximum atomic E-state index is 6.09. The number of hydrogen-bond acceptors (Lipinski definition) is 2. The van der Waals surface area contributed by atoms with Crippen LogP contribution in [0.3, 0.4) is 0 Å². The van der Waals surface area contributed by atoms with Gasteiger partial charge in [0, 0.05) is 10.6 Å². The zero-order chi connectivity index (χ0) is 17.5. The van der Waals surface area contributed by atoms with Crippen molar-refractivity contribution in [1.29, 1.82) is 0 Å². The number of benzene rings is 1. The first-order valence-electron chi connectivity index (χ1n) is 9.36. The molecular weight excluding hydrogens is 332 g/mol. The summed E-state index contributed by atoms with van der Waals surface area (Å²) in [5.74, 6) is 7.82. The largest absolute Gasteiger partial charge is 0.372 e. The summed E-state index contributed by atoms with van der Waals surface area (Å²) in [5, 5.41) is 0.727. The third kappa shape index (κ3) is 5.61. The Morgan fingerprint density at radius 3 is 2.48 bits per heavy atom. The molecule has 2 aliphatic rings. The number of allylic oxidation sites excluding steroid dienone is 1. The van der Waals surface area contributed by atoms with E-state index in [1.807, 2.05) is 30.3 Å². The molecule has 2 nitrogen and oxygen atoms in total. The van der Waals surface area contributed by atoms with E-state index in [2.05, 4.69) is 18.4 Å². The molecule has 0 amide bonds. The highest BCUT2D eigenvalue weighted by molar-refractivity contribution is 6.30. The van der Waals surface area contributed by atoms with Crippen LogP contribution in [0.2, 0.25) is 5.02 Å².